The standard InChI is InChI=1S/C54H31BNO4/c57-47-28-32(31-21-25-50-42(26-31)40-13-4-7-18-48(40)58-50)20-23-38(47)43-27-33(35-14-9-15-41-39-12-3-8-19-49(39)60-54(35)41)29-52-53(43)55-44-24-22-34(30-51(44)59-52)56-45-16-5-1-10-36(45)37-11-2-6-17-46(37)56/h1-30,57H. The van der Waals surface area contributed by atoms with Crippen molar-refractivity contribution >= 4 is 83.9 Å². The fraction of sp³-hybridized carbons (Fsp3) is 0. The molecule has 0 bridgehead atoms. The lowest BCUT2D eigenvalue weighted by atomic mass is 9.59. The summed E-state index contributed by atoms with van der Waals surface area (Å²) in [5, 5.41) is 18.6. The van der Waals surface area contributed by atoms with E-state index in [2.05, 4.69) is 133 Å². The molecule has 9 aromatic carbocycles. The predicted molar refractivity (Wildman–Crippen MR) is 245 cm³/mol. The van der Waals surface area contributed by atoms with Gasteiger partial charge in [0.05, 0.1) is 11.0 Å². The average Bonchev–Trinajstić information content (AvgIpc) is 3.97. The molecule has 0 saturated carbocycles. The second-order valence-corrected chi connectivity index (χ2v) is 15.6. The van der Waals surface area contributed by atoms with Crippen LogP contribution in [0.5, 0.6) is 17.2 Å². The summed E-state index contributed by atoms with van der Waals surface area (Å²) >= 11 is 0. The van der Waals surface area contributed by atoms with Crippen LogP contribution in [0.1, 0.15) is 0 Å². The highest BCUT2D eigenvalue weighted by Crippen LogP contribution is 2.43. The number of fused-ring (bicyclic) bond motifs is 11. The van der Waals surface area contributed by atoms with Crippen molar-refractivity contribution < 1.29 is 18.7 Å². The first kappa shape index (κ1) is 33.1. The van der Waals surface area contributed by atoms with Crippen molar-refractivity contribution in [1.29, 1.82) is 0 Å². The highest BCUT2D eigenvalue weighted by Gasteiger charge is 2.26. The van der Waals surface area contributed by atoms with Gasteiger partial charge in [0, 0.05) is 55.2 Å². The third-order valence-corrected chi connectivity index (χ3v) is 12.2. The topological polar surface area (TPSA) is 60.7 Å². The Kier molecular flexibility index (Phi) is 6.90. The third kappa shape index (κ3) is 4.88. The molecule has 1 N–H and O–H groups in total. The van der Waals surface area contributed by atoms with Gasteiger partial charge < -0.3 is 23.2 Å². The van der Waals surface area contributed by atoms with Crippen LogP contribution >= 0.6 is 0 Å². The van der Waals surface area contributed by atoms with Gasteiger partial charge in [-0.1, -0.05) is 115 Å². The smallest absolute Gasteiger partial charge is 0.202 e. The molecule has 5 nitrogen and oxygen atoms in total. The van der Waals surface area contributed by atoms with Gasteiger partial charge in [0.25, 0.3) is 0 Å². The minimum absolute atomic E-state index is 0.173. The van der Waals surface area contributed by atoms with Gasteiger partial charge in [0.2, 0.25) is 7.28 Å². The van der Waals surface area contributed by atoms with Crippen molar-refractivity contribution in [3.8, 4) is 56.3 Å². The Balaban J connectivity index is 0.973. The lowest BCUT2D eigenvalue weighted by molar-refractivity contribution is 0.477. The molecule has 0 fully saturated rings. The lowest BCUT2D eigenvalue weighted by Crippen LogP contribution is -2.35. The molecule has 4 heterocycles. The molecule has 60 heavy (non-hydrogen) atoms. The van der Waals surface area contributed by atoms with E-state index in [4.69, 9.17) is 13.6 Å². The summed E-state index contributed by atoms with van der Waals surface area (Å²) in [6.07, 6.45) is 0. The number of benzene rings is 9. The number of aromatic nitrogens is 1. The van der Waals surface area contributed by atoms with Crippen LogP contribution in [0, 0.1) is 0 Å². The monoisotopic (exact) mass is 768 g/mol. The molecule has 12 aromatic rings. The zero-order valence-corrected chi connectivity index (χ0v) is 32.0. The molecule has 0 unspecified atom stereocenters. The van der Waals surface area contributed by atoms with Crippen LogP contribution in [0.25, 0.3) is 105 Å². The fourth-order valence-corrected chi connectivity index (χ4v) is 9.40. The number of hydrogen-bond donors (Lipinski definition) is 1. The summed E-state index contributed by atoms with van der Waals surface area (Å²) < 4.78 is 21.9. The Morgan fingerprint density at radius 2 is 1.07 bits per heavy atom. The molecule has 0 saturated heterocycles. The minimum atomic E-state index is 0.173. The molecule has 0 atom stereocenters. The van der Waals surface area contributed by atoms with Crippen molar-refractivity contribution in [2.75, 3.05) is 0 Å². The fourth-order valence-electron chi connectivity index (χ4n) is 9.40. The summed E-state index contributed by atoms with van der Waals surface area (Å²) in [4.78, 5) is 0. The van der Waals surface area contributed by atoms with E-state index in [9.17, 15) is 5.11 Å². The maximum atomic E-state index is 12.0. The molecule has 279 valence electrons. The Morgan fingerprint density at radius 3 is 1.85 bits per heavy atom. The number of furan rings is 2. The molecular weight excluding hydrogens is 737 g/mol. The molecule has 1 radical (unpaired) electrons. The second kappa shape index (κ2) is 12.5. The third-order valence-electron chi connectivity index (χ3n) is 12.2. The van der Waals surface area contributed by atoms with Crippen molar-refractivity contribution in [3.05, 3.63) is 182 Å². The average molecular weight is 769 g/mol. The molecule has 1 aliphatic heterocycles. The second-order valence-electron chi connectivity index (χ2n) is 15.6. The first-order chi connectivity index (χ1) is 29.6. The van der Waals surface area contributed by atoms with E-state index in [0.29, 0.717) is 11.3 Å². The first-order valence-electron chi connectivity index (χ1n) is 20.1. The number of para-hydroxylation sites is 5. The van der Waals surface area contributed by atoms with Gasteiger partial charge in [-0.25, -0.2) is 0 Å². The van der Waals surface area contributed by atoms with Gasteiger partial charge in [0.1, 0.15) is 39.6 Å². The molecule has 1 aliphatic rings. The van der Waals surface area contributed by atoms with E-state index in [1.54, 1.807) is 0 Å². The zero-order chi connectivity index (χ0) is 39.5. The number of rotatable bonds is 4. The van der Waals surface area contributed by atoms with Crippen LogP contribution in [0.15, 0.2) is 191 Å². The summed E-state index contributed by atoms with van der Waals surface area (Å²) in [5.74, 6) is 1.63. The maximum absolute atomic E-state index is 12.0. The van der Waals surface area contributed by atoms with Crippen molar-refractivity contribution in [3.63, 3.8) is 0 Å². The number of aromatic hydroxyl groups is 1. The van der Waals surface area contributed by atoms with Crippen LogP contribution in [0.3, 0.4) is 0 Å². The first-order valence-corrected chi connectivity index (χ1v) is 20.1. The van der Waals surface area contributed by atoms with E-state index in [1.807, 2.05) is 60.7 Å². The molecule has 13 rings (SSSR count). The van der Waals surface area contributed by atoms with Gasteiger partial charge in [-0.15, -0.1) is 0 Å². The molecule has 0 spiro atoms. The minimum Gasteiger partial charge on any atom is -0.507 e. The SMILES string of the molecule is Oc1cc(-c2ccc3oc4ccccc4c3c2)ccc1-c1cc(-c2cccc3c2oc2ccccc23)cc2c1[B]c1ccc(-n3c4ccccc4c4ccccc43)cc1O2. The molecule has 3 aromatic heterocycles. The van der Waals surface area contributed by atoms with E-state index in [-0.39, 0.29) is 5.75 Å². The number of ether oxygens (including phenoxy) is 1. The largest absolute Gasteiger partial charge is 0.507 e. The van der Waals surface area contributed by atoms with Crippen LogP contribution < -0.4 is 15.7 Å². The highest BCUT2D eigenvalue weighted by atomic mass is 16.5. The van der Waals surface area contributed by atoms with E-state index in [0.717, 1.165) is 105 Å². The van der Waals surface area contributed by atoms with Crippen molar-refractivity contribution in [1.82, 2.24) is 4.57 Å². The van der Waals surface area contributed by atoms with Crippen LogP contribution in [0.4, 0.5) is 0 Å². The summed E-state index contributed by atoms with van der Waals surface area (Å²) in [6, 6.07) is 62.4. The number of phenols is 1. The van der Waals surface area contributed by atoms with E-state index >= 15 is 0 Å². The normalized spacial score (nSPS) is 12.3. The molecule has 6 heteroatoms. The van der Waals surface area contributed by atoms with E-state index in [1.165, 1.54) is 10.8 Å². The zero-order valence-electron chi connectivity index (χ0n) is 32.0. The Labute approximate surface area is 344 Å². The summed E-state index contributed by atoms with van der Waals surface area (Å²) in [6.45, 7) is 0. The molecular formula is C54H31BNO4. The van der Waals surface area contributed by atoms with E-state index < -0.39 is 0 Å². The van der Waals surface area contributed by atoms with Crippen LogP contribution in [-0.4, -0.2) is 17.0 Å². The Hall–Kier alpha value is -7.96. The number of nitrogens with zero attached hydrogens (tertiary/aromatic N) is 1. The summed E-state index contributed by atoms with van der Waals surface area (Å²) in [5.41, 5.74) is 13.8. The van der Waals surface area contributed by atoms with Crippen molar-refractivity contribution in [2.45, 2.75) is 0 Å². The lowest BCUT2D eigenvalue weighted by Gasteiger charge is -2.25. The van der Waals surface area contributed by atoms with Gasteiger partial charge in [-0.05, 0) is 93.8 Å². The van der Waals surface area contributed by atoms with Crippen molar-refractivity contribution in [2.24, 2.45) is 0 Å². The van der Waals surface area contributed by atoms with Gasteiger partial charge in [0.15, 0.2) is 0 Å². The molecule has 0 amide bonds. The van der Waals surface area contributed by atoms with Gasteiger partial charge in [-0.3, -0.25) is 0 Å². The molecule has 0 aliphatic carbocycles. The number of hydrogen-bond acceptors (Lipinski definition) is 4. The van der Waals surface area contributed by atoms with Crippen LogP contribution in [-0.2, 0) is 0 Å². The Bertz CT molecular complexity index is 3700. The predicted octanol–water partition coefficient (Wildman–Crippen LogP) is 13.0. The van der Waals surface area contributed by atoms with Gasteiger partial charge in [-0.2, -0.15) is 0 Å². The summed E-state index contributed by atoms with van der Waals surface area (Å²) in [7, 11) is 2.18. The maximum Gasteiger partial charge on any atom is 0.202 e. The Morgan fingerprint density at radius 1 is 0.417 bits per heavy atom. The van der Waals surface area contributed by atoms with Gasteiger partial charge >= 0.3 is 0 Å². The highest BCUT2D eigenvalue weighted by molar-refractivity contribution is 6.71. The van der Waals surface area contributed by atoms with Crippen LogP contribution in [0.2, 0.25) is 0 Å². The quantitative estimate of drug-likeness (QED) is 0.181. The number of phenolic OH excluding ortho intramolecular Hbond substituents is 1.